The average molecular weight is 459 g/mol. The molecule has 0 fully saturated rings. The van der Waals surface area contributed by atoms with Crippen molar-refractivity contribution in [1.29, 1.82) is 0 Å². The summed E-state index contributed by atoms with van der Waals surface area (Å²) < 4.78 is 20.4. The van der Waals surface area contributed by atoms with E-state index < -0.39 is 5.97 Å². The van der Waals surface area contributed by atoms with E-state index in [1.807, 2.05) is 13.8 Å². The standard InChI is InChI=1S/C21H19FN4O3S2/c1-4-25(13(3)27)21-23-15(11-30-21)10-29-20(28)18-9-17-12(2)24-26(19(17)31-18)16-7-5-14(22)6-8-16/h5-9,11H,4,10H2,1-3H3. The summed E-state index contributed by atoms with van der Waals surface area (Å²) in [7, 11) is 0. The van der Waals surface area contributed by atoms with E-state index in [4.69, 9.17) is 4.74 Å². The Morgan fingerprint density at radius 3 is 2.68 bits per heavy atom. The van der Waals surface area contributed by atoms with E-state index in [1.165, 1.54) is 41.7 Å². The van der Waals surface area contributed by atoms with Crippen LogP contribution in [0.5, 0.6) is 0 Å². The maximum atomic E-state index is 13.2. The van der Waals surface area contributed by atoms with Crippen LogP contribution in [-0.4, -0.2) is 33.2 Å². The average Bonchev–Trinajstić information content (AvgIpc) is 3.44. The number of aromatic nitrogens is 3. The van der Waals surface area contributed by atoms with Crippen LogP contribution in [0.4, 0.5) is 9.52 Å². The summed E-state index contributed by atoms with van der Waals surface area (Å²) in [5.41, 5.74) is 2.06. The van der Waals surface area contributed by atoms with Gasteiger partial charge < -0.3 is 4.74 Å². The molecule has 1 aromatic carbocycles. The molecule has 3 heterocycles. The first-order chi connectivity index (χ1) is 14.9. The van der Waals surface area contributed by atoms with Crippen LogP contribution < -0.4 is 4.90 Å². The van der Waals surface area contributed by atoms with E-state index in [0.717, 1.165) is 15.9 Å². The Bertz CT molecular complexity index is 1260. The van der Waals surface area contributed by atoms with Crippen molar-refractivity contribution in [2.24, 2.45) is 0 Å². The van der Waals surface area contributed by atoms with Crippen molar-refractivity contribution in [3.8, 4) is 5.69 Å². The monoisotopic (exact) mass is 458 g/mol. The Morgan fingerprint density at radius 2 is 2.00 bits per heavy atom. The second-order valence-corrected chi connectivity index (χ2v) is 8.63. The molecular formula is C21H19FN4O3S2. The van der Waals surface area contributed by atoms with E-state index >= 15 is 0 Å². The number of thiazole rings is 1. The lowest BCUT2D eigenvalue weighted by Crippen LogP contribution is -2.27. The van der Waals surface area contributed by atoms with Gasteiger partial charge in [-0.1, -0.05) is 0 Å². The molecule has 10 heteroatoms. The SMILES string of the molecule is CCN(C(C)=O)c1nc(COC(=O)c2cc3c(C)nn(-c4ccc(F)cc4)c3s2)cs1. The van der Waals surface area contributed by atoms with Gasteiger partial charge in [0.1, 0.15) is 22.1 Å². The van der Waals surface area contributed by atoms with Crippen LogP contribution >= 0.6 is 22.7 Å². The van der Waals surface area contributed by atoms with Gasteiger partial charge in [-0.15, -0.1) is 22.7 Å². The van der Waals surface area contributed by atoms with Crippen molar-refractivity contribution in [3.63, 3.8) is 0 Å². The molecule has 3 aromatic heterocycles. The second kappa shape index (κ2) is 8.56. The number of carbonyl (C=O) groups is 2. The van der Waals surface area contributed by atoms with Gasteiger partial charge in [-0.25, -0.2) is 18.9 Å². The number of hydrogen-bond acceptors (Lipinski definition) is 7. The number of fused-ring (bicyclic) bond motifs is 1. The molecule has 160 valence electrons. The molecule has 0 aliphatic carbocycles. The van der Waals surface area contributed by atoms with Gasteiger partial charge in [-0.3, -0.25) is 9.69 Å². The van der Waals surface area contributed by atoms with E-state index in [0.29, 0.717) is 27.9 Å². The molecule has 0 spiro atoms. The van der Waals surface area contributed by atoms with Gasteiger partial charge >= 0.3 is 5.97 Å². The molecule has 0 saturated carbocycles. The Morgan fingerprint density at radius 1 is 1.26 bits per heavy atom. The Hall–Kier alpha value is -3.11. The largest absolute Gasteiger partial charge is 0.455 e. The molecule has 0 N–H and O–H groups in total. The number of thiophene rings is 1. The molecular weight excluding hydrogens is 439 g/mol. The van der Waals surface area contributed by atoms with Crippen LogP contribution in [0.1, 0.15) is 34.9 Å². The zero-order chi connectivity index (χ0) is 22.1. The number of carbonyl (C=O) groups excluding carboxylic acids is 2. The fourth-order valence-electron chi connectivity index (χ4n) is 3.09. The highest BCUT2D eigenvalue weighted by atomic mass is 32.1. The van der Waals surface area contributed by atoms with Gasteiger partial charge in [0.15, 0.2) is 5.13 Å². The maximum Gasteiger partial charge on any atom is 0.348 e. The number of nitrogens with zero attached hydrogens (tertiary/aromatic N) is 4. The lowest BCUT2D eigenvalue weighted by atomic mass is 10.3. The summed E-state index contributed by atoms with van der Waals surface area (Å²) in [6.45, 7) is 5.76. The van der Waals surface area contributed by atoms with Gasteiger partial charge in [0.25, 0.3) is 0 Å². The fraction of sp³-hybridized carbons (Fsp3) is 0.238. The van der Waals surface area contributed by atoms with Crippen molar-refractivity contribution in [1.82, 2.24) is 14.8 Å². The minimum atomic E-state index is -0.459. The van der Waals surface area contributed by atoms with Crippen molar-refractivity contribution in [2.75, 3.05) is 11.4 Å². The Kier molecular flexibility index (Phi) is 5.84. The van der Waals surface area contributed by atoms with E-state index in [1.54, 1.807) is 33.2 Å². The predicted molar refractivity (Wildman–Crippen MR) is 119 cm³/mol. The van der Waals surface area contributed by atoms with Gasteiger partial charge in [-0.05, 0) is 44.2 Å². The number of anilines is 1. The Balaban J connectivity index is 1.51. The van der Waals surface area contributed by atoms with Gasteiger partial charge in [0.2, 0.25) is 5.91 Å². The molecule has 4 rings (SSSR count). The van der Waals surface area contributed by atoms with Crippen molar-refractivity contribution < 1.29 is 18.7 Å². The third kappa shape index (κ3) is 4.21. The number of esters is 1. The third-order valence-corrected chi connectivity index (χ3v) is 6.64. The van der Waals surface area contributed by atoms with E-state index in [9.17, 15) is 14.0 Å². The van der Waals surface area contributed by atoms with Crippen LogP contribution in [0.3, 0.4) is 0 Å². The lowest BCUT2D eigenvalue weighted by molar-refractivity contribution is -0.116. The van der Waals surface area contributed by atoms with Crippen LogP contribution in [0.2, 0.25) is 0 Å². The zero-order valence-corrected chi connectivity index (χ0v) is 18.7. The van der Waals surface area contributed by atoms with Crippen LogP contribution in [-0.2, 0) is 16.1 Å². The molecule has 0 aliphatic heterocycles. The highest BCUT2D eigenvalue weighted by molar-refractivity contribution is 7.20. The minimum Gasteiger partial charge on any atom is -0.455 e. The lowest BCUT2D eigenvalue weighted by Gasteiger charge is -2.14. The number of halogens is 1. The molecule has 0 radical (unpaired) electrons. The number of rotatable bonds is 6. The maximum absolute atomic E-state index is 13.2. The van der Waals surface area contributed by atoms with Crippen LogP contribution in [0, 0.1) is 12.7 Å². The van der Waals surface area contributed by atoms with E-state index in [-0.39, 0.29) is 18.3 Å². The van der Waals surface area contributed by atoms with Gasteiger partial charge in [0.05, 0.1) is 17.1 Å². The van der Waals surface area contributed by atoms with Gasteiger partial charge in [0, 0.05) is 24.2 Å². The molecule has 0 atom stereocenters. The second-order valence-electron chi connectivity index (χ2n) is 6.76. The number of amides is 1. The number of ether oxygens (including phenoxy) is 1. The summed E-state index contributed by atoms with van der Waals surface area (Å²) >= 11 is 2.60. The summed E-state index contributed by atoms with van der Waals surface area (Å²) in [4.78, 5) is 31.4. The summed E-state index contributed by atoms with van der Waals surface area (Å²) in [5.74, 6) is -0.870. The Labute approximate surface area is 185 Å². The van der Waals surface area contributed by atoms with Gasteiger partial charge in [-0.2, -0.15) is 5.10 Å². The third-order valence-electron chi connectivity index (χ3n) is 4.64. The minimum absolute atomic E-state index is 0.0160. The molecule has 0 unspecified atom stereocenters. The fourth-order valence-corrected chi connectivity index (χ4v) is 5.09. The molecule has 0 saturated heterocycles. The molecule has 7 nitrogen and oxygen atoms in total. The van der Waals surface area contributed by atoms with Crippen LogP contribution in [0.25, 0.3) is 15.9 Å². The number of hydrogen-bond donors (Lipinski definition) is 0. The highest BCUT2D eigenvalue weighted by Gasteiger charge is 2.19. The smallest absolute Gasteiger partial charge is 0.348 e. The first-order valence-electron chi connectivity index (χ1n) is 9.52. The molecule has 31 heavy (non-hydrogen) atoms. The first kappa shape index (κ1) is 21.1. The highest BCUT2D eigenvalue weighted by Crippen LogP contribution is 2.31. The van der Waals surface area contributed by atoms with Crippen molar-refractivity contribution >= 4 is 49.9 Å². The molecule has 1 amide bonds. The molecule has 0 bridgehead atoms. The van der Waals surface area contributed by atoms with Crippen molar-refractivity contribution in [3.05, 3.63) is 57.8 Å². The van der Waals surface area contributed by atoms with Crippen molar-refractivity contribution in [2.45, 2.75) is 27.4 Å². The van der Waals surface area contributed by atoms with Crippen LogP contribution in [0.15, 0.2) is 35.7 Å². The summed E-state index contributed by atoms with van der Waals surface area (Å²) in [6.07, 6.45) is 0. The number of benzene rings is 1. The predicted octanol–water partition coefficient (Wildman–Crippen LogP) is 4.72. The quantitative estimate of drug-likeness (QED) is 0.391. The summed E-state index contributed by atoms with van der Waals surface area (Å²) in [6, 6.07) is 7.77. The zero-order valence-electron chi connectivity index (χ0n) is 17.1. The van der Waals surface area contributed by atoms with E-state index in [2.05, 4.69) is 10.1 Å². The molecule has 4 aromatic rings. The summed E-state index contributed by atoms with van der Waals surface area (Å²) in [5, 5.41) is 7.70. The first-order valence-corrected chi connectivity index (χ1v) is 11.2. The molecule has 0 aliphatic rings. The normalized spacial score (nSPS) is 11.1. The topological polar surface area (TPSA) is 77.3 Å². The number of aryl methyl sites for hydroxylation is 1.